The standard InChI is InChI=1S/C19H16BrFO5/c20-15(12-25-18(23)13-7-3-1-4-8-13)17(16(21)11-22)26-19(24)14-9-5-2-6-10-14/h1-11,15-17H,12H2/t15-,16+,17+/m0/s1. The lowest BCUT2D eigenvalue weighted by Gasteiger charge is -2.23. The highest BCUT2D eigenvalue weighted by Gasteiger charge is 2.33. The average molecular weight is 423 g/mol. The van der Waals surface area contributed by atoms with Gasteiger partial charge in [0.1, 0.15) is 6.61 Å². The summed E-state index contributed by atoms with van der Waals surface area (Å²) >= 11 is 3.13. The quantitative estimate of drug-likeness (QED) is 0.370. The van der Waals surface area contributed by atoms with E-state index in [1.165, 1.54) is 12.1 Å². The first-order valence-electron chi connectivity index (χ1n) is 7.74. The Morgan fingerprint density at radius 3 is 1.96 bits per heavy atom. The second-order valence-electron chi connectivity index (χ2n) is 5.30. The molecule has 0 aliphatic heterocycles. The van der Waals surface area contributed by atoms with Gasteiger partial charge in [0.25, 0.3) is 0 Å². The molecule has 0 spiro atoms. The van der Waals surface area contributed by atoms with Crippen molar-refractivity contribution in [1.29, 1.82) is 0 Å². The molecule has 0 radical (unpaired) electrons. The van der Waals surface area contributed by atoms with Crippen molar-refractivity contribution in [2.24, 2.45) is 0 Å². The van der Waals surface area contributed by atoms with Crippen molar-refractivity contribution in [1.82, 2.24) is 0 Å². The minimum Gasteiger partial charge on any atom is -0.461 e. The molecule has 0 heterocycles. The lowest BCUT2D eigenvalue weighted by Crippen LogP contribution is -2.39. The Morgan fingerprint density at radius 2 is 1.46 bits per heavy atom. The number of esters is 2. The van der Waals surface area contributed by atoms with Crippen molar-refractivity contribution in [2.45, 2.75) is 17.1 Å². The van der Waals surface area contributed by atoms with Gasteiger partial charge < -0.3 is 9.47 Å². The van der Waals surface area contributed by atoms with E-state index in [1.54, 1.807) is 48.5 Å². The Hall–Kier alpha value is -2.54. The number of ether oxygens (including phenoxy) is 2. The highest BCUT2D eigenvalue weighted by atomic mass is 79.9. The Bertz CT molecular complexity index is 738. The second-order valence-corrected chi connectivity index (χ2v) is 6.47. The molecule has 0 bridgehead atoms. The van der Waals surface area contributed by atoms with Crippen LogP contribution in [0.2, 0.25) is 0 Å². The summed E-state index contributed by atoms with van der Waals surface area (Å²) in [6.45, 7) is -0.283. The van der Waals surface area contributed by atoms with Gasteiger partial charge in [-0.25, -0.2) is 14.0 Å². The van der Waals surface area contributed by atoms with Crippen molar-refractivity contribution < 1.29 is 28.2 Å². The first kappa shape index (κ1) is 19.8. The largest absolute Gasteiger partial charge is 0.461 e. The van der Waals surface area contributed by atoms with Gasteiger partial charge in [-0.2, -0.15) is 0 Å². The minimum atomic E-state index is -2.07. The van der Waals surface area contributed by atoms with Gasteiger partial charge in [0.15, 0.2) is 18.6 Å². The molecule has 136 valence electrons. The van der Waals surface area contributed by atoms with Crippen LogP contribution < -0.4 is 0 Å². The third-order valence-electron chi connectivity index (χ3n) is 3.44. The molecule has 2 aromatic rings. The molecule has 0 fully saturated rings. The minimum absolute atomic E-state index is 0.0379. The monoisotopic (exact) mass is 422 g/mol. The molecule has 0 N–H and O–H groups in total. The van der Waals surface area contributed by atoms with Crippen LogP contribution in [0.4, 0.5) is 4.39 Å². The number of alkyl halides is 2. The number of aldehydes is 1. The number of carbonyl (C=O) groups is 3. The van der Waals surface area contributed by atoms with E-state index in [4.69, 9.17) is 9.47 Å². The van der Waals surface area contributed by atoms with Crippen molar-refractivity contribution in [3.05, 3.63) is 71.8 Å². The van der Waals surface area contributed by atoms with E-state index in [0.717, 1.165) is 0 Å². The van der Waals surface area contributed by atoms with E-state index in [2.05, 4.69) is 15.9 Å². The molecule has 26 heavy (non-hydrogen) atoms. The van der Waals surface area contributed by atoms with Gasteiger partial charge in [-0.05, 0) is 24.3 Å². The van der Waals surface area contributed by atoms with Crippen LogP contribution in [0.15, 0.2) is 60.7 Å². The molecule has 0 aromatic heterocycles. The first-order chi connectivity index (χ1) is 12.5. The van der Waals surface area contributed by atoms with Crippen molar-refractivity contribution >= 4 is 34.2 Å². The zero-order valence-corrected chi connectivity index (χ0v) is 15.2. The zero-order valence-electron chi connectivity index (χ0n) is 13.6. The Labute approximate surface area is 158 Å². The van der Waals surface area contributed by atoms with Gasteiger partial charge in [0.05, 0.1) is 16.0 Å². The maximum absolute atomic E-state index is 14.0. The number of benzene rings is 2. The third kappa shape index (κ3) is 5.49. The lowest BCUT2D eigenvalue weighted by molar-refractivity contribution is -0.115. The topological polar surface area (TPSA) is 69.7 Å². The summed E-state index contributed by atoms with van der Waals surface area (Å²) in [6, 6.07) is 16.2. The molecule has 3 atom stereocenters. The fourth-order valence-electron chi connectivity index (χ4n) is 2.09. The Morgan fingerprint density at radius 1 is 0.962 bits per heavy atom. The smallest absolute Gasteiger partial charge is 0.338 e. The molecular weight excluding hydrogens is 407 g/mol. The number of carbonyl (C=O) groups excluding carboxylic acids is 3. The maximum Gasteiger partial charge on any atom is 0.338 e. The second kappa shape index (κ2) is 9.82. The summed E-state index contributed by atoms with van der Waals surface area (Å²) in [6.07, 6.45) is -3.47. The summed E-state index contributed by atoms with van der Waals surface area (Å²) in [5.41, 5.74) is 0.550. The van der Waals surface area contributed by atoms with Gasteiger partial charge in [0.2, 0.25) is 0 Å². The highest BCUT2D eigenvalue weighted by Crippen LogP contribution is 2.18. The summed E-state index contributed by atoms with van der Waals surface area (Å²) in [5.74, 6) is -1.39. The number of rotatable bonds is 8. The van der Waals surface area contributed by atoms with Gasteiger partial charge in [-0.15, -0.1) is 0 Å². The number of hydrogen-bond donors (Lipinski definition) is 0. The molecule has 0 amide bonds. The van der Waals surface area contributed by atoms with Crippen LogP contribution in [-0.2, 0) is 14.3 Å². The zero-order chi connectivity index (χ0) is 18.9. The predicted octanol–water partition coefficient (Wildman–Crippen LogP) is 3.37. The van der Waals surface area contributed by atoms with Crippen molar-refractivity contribution in [3.8, 4) is 0 Å². The van der Waals surface area contributed by atoms with Crippen LogP contribution in [0.3, 0.4) is 0 Å². The summed E-state index contributed by atoms with van der Waals surface area (Å²) < 4.78 is 24.2. The molecule has 2 rings (SSSR count). The van der Waals surface area contributed by atoms with Crippen molar-refractivity contribution in [2.75, 3.05) is 6.61 Å². The molecule has 0 saturated heterocycles. The molecule has 2 aromatic carbocycles. The lowest BCUT2D eigenvalue weighted by atomic mass is 10.1. The molecular formula is C19H16BrFO5. The fourth-order valence-corrected chi connectivity index (χ4v) is 2.62. The van der Waals surface area contributed by atoms with Crippen LogP contribution in [0.25, 0.3) is 0 Å². The summed E-state index contributed by atoms with van der Waals surface area (Å²) in [4.78, 5) is 34.0. The van der Waals surface area contributed by atoms with Crippen molar-refractivity contribution in [3.63, 3.8) is 0 Å². The SMILES string of the molecule is O=C[C@@H](F)[C@H](OC(=O)c1ccccc1)[C@@H](Br)COC(=O)c1ccccc1. The van der Waals surface area contributed by atoms with Crippen LogP contribution >= 0.6 is 15.9 Å². The van der Waals surface area contributed by atoms with Crippen LogP contribution in [-0.4, -0.2) is 41.9 Å². The third-order valence-corrected chi connectivity index (χ3v) is 4.22. The Kier molecular flexibility index (Phi) is 7.47. The van der Waals surface area contributed by atoms with Gasteiger partial charge in [0, 0.05) is 0 Å². The fraction of sp³-hybridized carbons (Fsp3) is 0.211. The molecule has 0 aliphatic carbocycles. The molecule has 0 aliphatic rings. The van der Waals surface area contributed by atoms with Crippen LogP contribution in [0.1, 0.15) is 20.7 Å². The van der Waals surface area contributed by atoms with Gasteiger partial charge >= 0.3 is 11.9 Å². The maximum atomic E-state index is 14.0. The van der Waals surface area contributed by atoms with E-state index in [-0.39, 0.29) is 18.5 Å². The summed E-state index contributed by atoms with van der Waals surface area (Å²) in [5, 5.41) is 0. The Balaban J connectivity index is 2.00. The predicted molar refractivity (Wildman–Crippen MR) is 96.0 cm³/mol. The van der Waals surface area contributed by atoms with Crippen LogP contribution in [0.5, 0.6) is 0 Å². The molecule has 0 saturated carbocycles. The van der Waals surface area contributed by atoms with Gasteiger partial charge in [-0.3, -0.25) is 4.79 Å². The van der Waals surface area contributed by atoms with E-state index in [1.807, 2.05) is 0 Å². The van der Waals surface area contributed by atoms with E-state index < -0.39 is 29.0 Å². The highest BCUT2D eigenvalue weighted by molar-refractivity contribution is 9.09. The van der Waals surface area contributed by atoms with Crippen LogP contribution in [0, 0.1) is 0 Å². The van der Waals surface area contributed by atoms with E-state index in [0.29, 0.717) is 5.56 Å². The molecule has 5 nitrogen and oxygen atoms in total. The summed E-state index contributed by atoms with van der Waals surface area (Å²) in [7, 11) is 0. The molecule has 0 unspecified atom stereocenters. The number of halogens is 2. The first-order valence-corrected chi connectivity index (χ1v) is 8.66. The number of hydrogen-bond acceptors (Lipinski definition) is 5. The van der Waals surface area contributed by atoms with E-state index in [9.17, 15) is 18.8 Å². The molecule has 7 heteroatoms. The normalized spacial score (nSPS) is 13.9. The van der Waals surface area contributed by atoms with E-state index >= 15 is 0 Å². The van der Waals surface area contributed by atoms with Gasteiger partial charge in [-0.1, -0.05) is 52.3 Å². The average Bonchev–Trinajstić information content (AvgIpc) is 2.70.